The Hall–Kier alpha value is -0.533. The van der Waals surface area contributed by atoms with Crippen LogP contribution >= 0.6 is 11.6 Å². The van der Waals surface area contributed by atoms with Gasteiger partial charge in [0.05, 0.1) is 0 Å². The standard InChI is InChI=1S/C10H13ClSi/c1-3-7(2)8-5-4-6-9(12)10(8)11/h3-6H,1-2,12H3. The predicted molar refractivity (Wildman–Crippen MR) is 60.4 cm³/mol. The highest BCUT2D eigenvalue weighted by molar-refractivity contribution is 6.46. The highest BCUT2D eigenvalue weighted by Crippen LogP contribution is 2.20. The molecule has 0 aliphatic carbocycles. The van der Waals surface area contributed by atoms with E-state index in [1.54, 1.807) is 0 Å². The van der Waals surface area contributed by atoms with Crippen molar-refractivity contribution in [1.82, 2.24) is 0 Å². The summed E-state index contributed by atoms with van der Waals surface area (Å²) in [5.74, 6) is 0. The molecule has 0 aliphatic rings. The quantitative estimate of drug-likeness (QED) is 0.601. The van der Waals surface area contributed by atoms with E-state index in [1.165, 1.54) is 16.3 Å². The van der Waals surface area contributed by atoms with Crippen LogP contribution in [0.25, 0.3) is 5.57 Å². The molecule has 1 aromatic carbocycles. The summed E-state index contributed by atoms with van der Waals surface area (Å²) in [5.41, 5.74) is 2.42. The highest BCUT2D eigenvalue weighted by Gasteiger charge is 2.02. The van der Waals surface area contributed by atoms with E-state index in [9.17, 15) is 0 Å². The van der Waals surface area contributed by atoms with Gasteiger partial charge in [0.2, 0.25) is 0 Å². The normalized spacial score (nSPS) is 12.1. The smallest absolute Gasteiger partial charge is 0.0463 e. The number of hydrogen-bond acceptors (Lipinski definition) is 0. The fourth-order valence-corrected chi connectivity index (χ4v) is 1.84. The Kier molecular flexibility index (Phi) is 3.12. The molecular formula is C10H13ClSi. The predicted octanol–water partition coefficient (Wildman–Crippen LogP) is 1.75. The minimum atomic E-state index is 0.930. The van der Waals surface area contributed by atoms with Crippen LogP contribution in [0.2, 0.25) is 5.02 Å². The fourth-order valence-electron chi connectivity index (χ4n) is 1.11. The van der Waals surface area contributed by atoms with Gasteiger partial charge in [-0.2, -0.15) is 0 Å². The molecule has 0 amide bonds. The van der Waals surface area contributed by atoms with Gasteiger partial charge in [-0.05, 0) is 25.0 Å². The van der Waals surface area contributed by atoms with E-state index in [1.807, 2.05) is 6.92 Å². The molecule has 0 aromatic heterocycles. The molecular weight excluding hydrogens is 184 g/mol. The molecule has 1 rings (SSSR count). The maximum absolute atomic E-state index is 6.16. The van der Waals surface area contributed by atoms with E-state index in [0.29, 0.717) is 0 Å². The Labute approximate surface area is 81.7 Å². The summed E-state index contributed by atoms with van der Waals surface area (Å²) in [4.78, 5) is 0. The van der Waals surface area contributed by atoms with Gasteiger partial charge in [-0.15, -0.1) is 0 Å². The van der Waals surface area contributed by atoms with Gasteiger partial charge in [-0.25, -0.2) is 0 Å². The van der Waals surface area contributed by atoms with Crippen molar-refractivity contribution in [3.05, 3.63) is 34.9 Å². The molecule has 2 heteroatoms. The van der Waals surface area contributed by atoms with Gasteiger partial charge in [0.25, 0.3) is 0 Å². The minimum absolute atomic E-state index is 0.930. The summed E-state index contributed by atoms with van der Waals surface area (Å²) in [6, 6.07) is 6.22. The molecule has 0 aliphatic heterocycles. The van der Waals surface area contributed by atoms with Gasteiger partial charge < -0.3 is 0 Å². The Balaban J connectivity index is 3.26. The van der Waals surface area contributed by atoms with Gasteiger partial charge in [0.15, 0.2) is 0 Å². The van der Waals surface area contributed by atoms with E-state index in [2.05, 4.69) is 31.2 Å². The molecule has 0 atom stereocenters. The molecule has 0 unspecified atom stereocenters. The van der Waals surface area contributed by atoms with Crippen molar-refractivity contribution < 1.29 is 0 Å². The molecule has 0 N–H and O–H groups in total. The molecule has 0 bridgehead atoms. The first-order valence-electron chi connectivity index (χ1n) is 4.05. The lowest BCUT2D eigenvalue weighted by molar-refractivity contribution is 1.56. The number of halogens is 1. The first-order chi connectivity index (χ1) is 5.66. The second-order valence-electron chi connectivity index (χ2n) is 2.91. The SMILES string of the molecule is CC=C(C)c1cccc([SiH3])c1Cl. The van der Waals surface area contributed by atoms with Crippen molar-refractivity contribution in [2.75, 3.05) is 0 Å². The van der Waals surface area contributed by atoms with Crippen molar-refractivity contribution in [3.8, 4) is 0 Å². The van der Waals surface area contributed by atoms with Crippen molar-refractivity contribution in [2.24, 2.45) is 0 Å². The summed E-state index contributed by atoms with van der Waals surface area (Å²) in [7, 11) is 1.01. The minimum Gasteiger partial charge on any atom is -0.0841 e. The highest BCUT2D eigenvalue weighted by atomic mass is 35.5. The summed E-state index contributed by atoms with van der Waals surface area (Å²) in [6.45, 7) is 4.12. The van der Waals surface area contributed by atoms with Gasteiger partial charge in [-0.3, -0.25) is 0 Å². The van der Waals surface area contributed by atoms with E-state index in [0.717, 1.165) is 15.3 Å². The zero-order valence-electron chi connectivity index (χ0n) is 7.69. The summed E-state index contributed by atoms with van der Waals surface area (Å²) in [6.07, 6.45) is 2.09. The van der Waals surface area contributed by atoms with Crippen LogP contribution in [0.5, 0.6) is 0 Å². The Bertz CT molecular complexity index is 316. The zero-order valence-corrected chi connectivity index (χ0v) is 10.4. The molecule has 0 heterocycles. The number of benzene rings is 1. The summed E-state index contributed by atoms with van der Waals surface area (Å²) < 4.78 is 0. The number of hydrogen-bond donors (Lipinski definition) is 0. The third-order valence-corrected chi connectivity index (χ3v) is 3.70. The van der Waals surface area contributed by atoms with Crippen molar-refractivity contribution in [1.29, 1.82) is 0 Å². The van der Waals surface area contributed by atoms with E-state index in [-0.39, 0.29) is 0 Å². The molecule has 0 spiro atoms. The molecule has 0 saturated carbocycles. The van der Waals surface area contributed by atoms with Crippen LogP contribution in [-0.4, -0.2) is 10.2 Å². The second-order valence-corrected chi connectivity index (χ2v) is 4.36. The van der Waals surface area contributed by atoms with E-state index in [4.69, 9.17) is 11.6 Å². The van der Waals surface area contributed by atoms with Crippen molar-refractivity contribution in [3.63, 3.8) is 0 Å². The third-order valence-electron chi connectivity index (χ3n) is 2.05. The van der Waals surface area contributed by atoms with Gasteiger partial charge in [0.1, 0.15) is 0 Å². The summed E-state index contributed by atoms with van der Waals surface area (Å²) in [5, 5.41) is 2.20. The molecule has 64 valence electrons. The van der Waals surface area contributed by atoms with Gasteiger partial charge in [0, 0.05) is 15.3 Å². The van der Waals surface area contributed by atoms with Crippen LogP contribution in [0.1, 0.15) is 19.4 Å². The lowest BCUT2D eigenvalue weighted by Crippen LogP contribution is -2.04. The first kappa shape index (κ1) is 9.55. The molecule has 0 radical (unpaired) electrons. The maximum Gasteiger partial charge on any atom is 0.0463 e. The monoisotopic (exact) mass is 196 g/mol. The van der Waals surface area contributed by atoms with Gasteiger partial charge in [-0.1, -0.05) is 41.1 Å². The number of rotatable bonds is 1. The largest absolute Gasteiger partial charge is 0.0841 e. The maximum atomic E-state index is 6.16. The van der Waals surface area contributed by atoms with Crippen LogP contribution in [0, 0.1) is 0 Å². The Morgan fingerprint density at radius 3 is 2.75 bits per heavy atom. The summed E-state index contributed by atoms with van der Waals surface area (Å²) >= 11 is 6.16. The topological polar surface area (TPSA) is 0 Å². The molecule has 1 aromatic rings. The van der Waals surface area contributed by atoms with E-state index >= 15 is 0 Å². The lowest BCUT2D eigenvalue weighted by Gasteiger charge is -2.05. The average Bonchev–Trinajstić information content (AvgIpc) is 2.08. The fraction of sp³-hybridized carbons (Fsp3) is 0.200. The second kappa shape index (κ2) is 3.92. The molecule has 0 saturated heterocycles. The first-order valence-corrected chi connectivity index (χ1v) is 5.43. The average molecular weight is 197 g/mol. The lowest BCUT2D eigenvalue weighted by atomic mass is 10.1. The molecule has 0 fully saturated rings. The molecule has 0 nitrogen and oxygen atoms in total. The van der Waals surface area contributed by atoms with Crippen LogP contribution in [0.15, 0.2) is 24.3 Å². The van der Waals surface area contributed by atoms with Gasteiger partial charge >= 0.3 is 0 Å². The van der Waals surface area contributed by atoms with Crippen molar-refractivity contribution >= 4 is 32.6 Å². The Morgan fingerprint density at radius 1 is 1.50 bits per heavy atom. The Morgan fingerprint density at radius 2 is 2.17 bits per heavy atom. The van der Waals surface area contributed by atoms with Crippen LogP contribution in [0.3, 0.4) is 0 Å². The van der Waals surface area contributed by atoms with Crippen molar-refractivity contribution in [2.45, 2.75) is 13.8 Å². The van der Waals surface area contributed by atoms with Crippen LogP contribution in [0.4, 0.5) is 0 Å². The third kappa shape index (κ3) is 1.79. The molecule has 12 heavy (non-hydrogen) atoms. The zero-order chi connectivity index (χ0) is 9.14. The van der Waals surface area contributed by atoms with Crippen LogP contribution < -0.4 is 5.19 Å². The van der Waals surface area contributed by atoms with Crippen LogP contribution in [-0.2, 0) is 0 Å². The van der Waals surface area contributed by atoms with E-state index < -0.39 is 0 Å². The number of allylic oxidation sites excluding steroid dienone is 2.